The van der Waals surface area contributed by atoms with E-state index in [9.17, 15) is 13.2 Å². The quantitative estimate of drug-likeness (QED) is 0.523. The Labute approximate surface area is 192 Å². The molecule has 3 unspecified atom stereocenters. The molecule has 0 saturated carbocycles. The van der Waals surface area contributed by atoms with Gasteiger partial charge in [0.1, 0.15) is 0 Å². The number of rotatable bonds is 10. The number of allylic oxidation sites excluding steroid dienone is 1. The molecule has 0 radical (unpaired) electrons. The number of nitriles is 1. The van der Waals surface area contributed by atoms with Gasteiger partial charge in [0.05, 0.1) is 16.5 Å². The molecule has 0 saturated heterocycles. The van der Waals surface area contributed by atoms with Crippen LogP contribution >= 0.6 is 0 Å². The van der Waals surface area contributed by atoms with Crippen LogP contribution < -0.4 is 10.0 Å². The van der Waals surface area contributed by atoms with Gasteiger partial charge in [-0.25, -0.2) is 13.1 Å². The highest BCUT2D eigenvalue weighted by Crippen LogP contribution is 2.38. The summed E-state index contributed by atoms with van der Waals surface area (Å²) in [5.74, 6) is 0.946. The van der Waals surface area contributed by atoms with Gasteiger partial charge >= 0.3 is 0 Å². The van der Waals surface area contributed by atoms with E-state index in [0.717, 1.165) is 18.5 Å². The highest BCUT2D eigenvalue weighted by Gasteiger charge is 2.33. The van der Waals surface area contributed by atoms with Gasteiger partial charge in [0.25, 0.3) is 0 Å². The number of nitrogens with zero attached hydrogens (tertiary/aromatic N) is 2. The second-order valence-electron chi connectivity index (χ2n) is 9.26. The van der Waals surface area contributed by atoms with Gasteiger partial charge in [0.15, 0.2) is 0 Å². The molecule has 8 heteroatoms. The highest BCUT2D eigenvalue weighted by molar-refractivity contribution is 7.89. The maximum absolute atomic E-state index is 12.7. The average Bonchev–Trinajstić information content (AvgIpc) is 2.73. The zero-order chi connectivity index (χ0) is 23.9. The molecule has 1 aliphatic carbocycles. The molecule has 1 aromatic carbocycles. The minimum Gasteiger partial charge on any atom is -0.355 e. The summed E-state index contributed by atoms with van der Waals surface area (Å²) in [5, 5.41) is 11.9. The molecule has 2 N–H and O–H groups in total. The lowest BCUT2D eigenvalue weighted by Crippen LogP contribution is -2.38. The van der Waals surface area contributed by atoms with Gasteiger partial charge in [-0.05, 0) is 75.4 Å². The normalized spacial score (nSPS) is 21.3. The minimum atomic E-state index is -3.66. The van der Waals surface area contributed by atoms with E-state index in [-0.39, 0.29) is 28.6 Å². The molecular formula is C24H36N4O3S. The molecule has 0 spiro atoms. The van der Waals surface area contributed by atoms with E-state index in [4.69, 9.17) is 5.26 Å². The van der Waals surface area contributed by atoms with E-state index in [2.05, 4.69) is 30.0 Å². The number of likely N-dealkylation sites (N-methyl/N-ethyl adjacent to an activating group) is 1. The lowest BCUT2D eigenvalue weighted by Gasteiger charge is -2.37. The van der Waals surface area contributed by atoms with Crippen LogP contribution in [-0.2, 0) is 14.8 Å². The van der Waals surface area contributed by atoms with Gasteiger partial charge in [0.2, 0.25) is 15.9 Å². The van der Waals surface area contributed by atoms with Crippen molar-refractivity contribution in [1.82, 2.24) is 14.9 Å². The molecule has 0 heterocycles. The zero-order valence-electron chi connectivity index (χ0n) is 19.8. The Morgan fingerprint density at radius 1 is 1.25 bits per heavy atom. The molecule has 1 aromatic rings. The smallest absolute Gasteiger partial charge is 0.240 e. The van der Waals surface area contributed by atoms with Crippen molar-refractivity contribution in [2.24, 2.45) is 23.7 Å². The third kappa shape index (κ3) is 7.44. The maximum Gasteiger partial charge on any atom is 0.240 e. The van der Waals surface area contributed by atoms with Gasteiger partial charge in [-0.2, -0.15) is 5.26 Å². The Morgan fingerprint density at radius 3 is 2.47 bits per heavy atom. The lowest BCUT2D eigenvalue weighted by molar-refractivity contribution is -0.122. The topological polar surface area (TPSA) is 102 Å². The number of carbonyl (C=O) groups excluding carboxylic acids is 1. The summed E-state index contributed by atoms with van der Waals surface area (Å²) in [7, 11) is 0.293. The van der Waals surface area contributed by atoms with E-state index >= 15 is 0 Å². The van der Waals surface area contributed by atoms with Crippen molar-refractivity contribution in [2.45, 2.75) is 38.5 Å². The summed E-state index contributed by atoms with van der Waals surface area (Å²) < 4.78 is 28.2. The summed E-state index contributed by atoms with van der Waals surface area (Å²) in [5.41, 5.74) is 1.57. The molecule has 1 amide bonds. The first-order valence-electron chi connectivity index (χ1n) is 11.1. The van der Waals surface area contributed by atoms with Crippen molar-refractivity contribution in [3.8, 4) is 6.07 Å². The summed E-state index contributed by atoms with van der Waals surface area (Å²) in [6.45, 7) is 8.08. The van der Waals surface area contributed by atoms with Crippen molar-refractivity contribution >= 4 is 15.9 Å². The highest BCUT2D eigenvalue weighted by atomic mass is 32.2. The SMILES string of the molecule is CC1=CC(CNS(=O)(=O)c2ccc(C#N)cc2)C(C(C)C)CC1CC(=O)NCCN(C)C. The molecular weight excluding hydrogens is 424 g/mol. The Hall–Kier alpha value is -2.21. The Balaban J connectivity index is 2.04. The minimum absolute atomic E-state index is 0.0621. The number of hydrogen-bond acceptors (Lipinski definition) is 5. The van der Waals surface area contributed by atoms with Crippen LogP contribution in [0.2, 0.25) is 0 Å². The zero-order valence-corrected chi connectivity index (χ0v) is 20.6. The number of carbonyl (C=O) groups is 1. The molecule has 0 fully saturated rings. The van der Waals surface area contributed by atoms with Gasteiger partial charge in [-0.15, -0.1) is 0 Å². The number of hydrogen-bond donors (Lipinski definition) is 2. The molecule has 7 nitrogen and oxygen atoms in total. The van der Waals surface area contributed by atoms with Crippen LogP contribution in [0, 0.1) is 35.0 Å². The van der Waals surface area contributed by atoms with E-state index in [0.29, 0.717) is 31.0 Å². The predicted molar refractivity (Wildman–Crippen MR) is 126 cm³/mol. The van der Waals surface area contributed by atoms with Gasteiger partial charge in [0, 0.05) is 26.1 Å². The molecule has 0 bridgehead atoms. The largest absolute Gasteiger partial charge is 0.355 e. The monoisotopic (exact) mass is 460 g/mol. The van der Waals surface area contributed by atoms with E-state index in [1.165, 1.54) is 24.3 Å². The first kappa shape index (κ1) is 26.0. The van der Waals surface area contributed by atoms with Crippen molar-refractivity contribution in [3.05, 3.63) is 41.5 Å². The first-order valence-corrected chi connectivity index (χ1v) is 12.6. The van der Waals surface area contributed by atoms with Gasteiger partial charge in [-0.1, -0.05) is 25.5 Å². The third-order valence-electron chi connectivity index (χ3n) is 6.20. The summed E-state index contributed by atoms with van der Waals surface area (Å²) >= 11 is 0. The fourth-order valence-corrected chi connectivity index (χ4v) is 5.29. The van der Waals surface area contributed by atoms with E-state index in [1.54, 1.807) is 0 Å². The van der Waals surface area contributed by atoms with Crippen LogP contribution in [-0.4, -0.2) is 53.0 Å². The van der Waals surface area contributed by atoms with Crippen molar-refractivity contribution < 1.29 is 13.2 Å². The Bertz CT molecular complexity index is 946. The standard InChI is InChI=1S/C24H36N4O3S/c1-17(2)23-13-20(14-24(29)26-10-11-28(4)5)18(3)12-21(23)16-27-32(30,31)22-8-6-19(15-25)7-9-22/h6-9,12,17,20-21,23,27H,10-11,13-14,16H2,1-5H3,(H,26,29). The van der Waals surface area contributed by atoms with Crippen LogP contribution in [0.5, 0.6) is 0 Å². The maximum atomic E-state index is 12.7. The number of benzene rings is 1. The third-order valence-corrected chi connectivity index (χ3v) is 7.64. The predicted octanol–water partition coefficient (Wildman–Crippen LogP) is 2.76. The summed E-state index contributed by atoms with van der Waals surface area (Å²) in [6, 6.07) is 7.91. The van der Waals surface area contributed by atoms with Crippen molar-refractivity contribution in [2.75, 3.05) is 33.7 Å². The van der Waals surface area contributed by atoms with Crippen LogP contribution in [0.4, 0.5) is 0 Å². The van der Waals surface area contributed by atoms with E-state index in [1.807, 2.05) is 32.0 Å². The average molecular weight is 461 g/mol. The van der Waals surface area contributed by atoms with Gasteiger partial charge < -0.3 is 10.2 Å². The number of nitrogens with one attached hydrogen (secondary N) is 2. The molecule has 2 rings (SSSR count). The van der Waals surface area contributed by atoms with Crippen molar-refractivity contribution in [1.29, 1.82) is 5.26 Å². The number of amides is 1. The second-order valence-corrected chi connectivity index (χ2v) is 11.0. The molecule has 176 valence electrons. The fraction of sp³-hybridized carbons (Fsp3) is 0.583. The van der Waals surface area contributed by atoms with Gasteiger partial charge in [-0.3, -0.25) is 4.79 Å². The fourth-order valence-electron chi connectivity index (χ4n) is 4.22. The molecule has 0 aromatic heterocycles. The molecule has 0 aliphatic heterocycles. The Morgan fingerprint density at radius 2 is 1.91 bits per heavy atom. The van der Waals surface area contributed by atoms with E-state index < -0.39 is 10.0 Å². The van der Waals surface area contributed by atoms with Crippen LogP contribution in [0.3, 0.4) is 0 Å². The second kappa shape index (κ2) is 11.6. The summed E-state index contributed by atoms with van der Waals surface area (Å²) in [6.07, 6.45) is 3.47. The lowest BCUT2D eigenvalue weighted by atomic mass is 9.70. The van der Waals surface area contributed by atoms with Crippen LogP contribution in [0.25, 0.3) is 0 Å². The Kier molecular flexibility index (Phi) is 9.44. The van der Waals surface area contributed by atoms with Crippen molar-refractivity contribution in [3.63, 3.8) is 0 Å². The molecule has 3 atom stereocenters. The molecule has 32 heavy (non-hydrogen) atoms. The molecule has 1 aliphatic rings. The van der Waals surface area contributed by atoms with Crippen LogP contribution in [0.15, 0.2) is 40.8 Å². The first-order chi connectivity index (χ1) is 15.0. The summed E-state index contributed by atoms with van der Waals surface area (Å²) in [4.78, 5) is 14.6. The van der Waals surface area contributed by atoms with Crippen LogP contribution in [0.1, 0.15) is 39.2 Å². The number of sulfonamides is 1.